The highest BCUT2D eigenvalue weighted by molar-refractivity contribution is 5.80. The van der Waals surface area contributed by atoms with Gasteiger partial charge < -0.3 is 4.57 Å². The molecule has 1 nitrogen and oxygen atoms in total. The second-order valence-electron chi connectivity index (χ2n) is 4.48. The van der Waals surface area contributed by atoms with Crippen LogP contribution in [0.15, 0.2) is 66.9 Å². The van der Waals surface area contributed by atoms with Crippen molar-refractivity contribution in [2.24, 2.45) is 0 Å². The average Bonchev–Trinajstić information content (AvgIpc) is 2.82. The number of fused-ring (bicyclic) bond motifs is 1. The molecule has 0 spiro atoms. The van der Waals surface area contributed by atoms with Crippen molar-refractivity contribution in [3.63, 3.8) is 0 Å². The molecule has 19 heavy (non-hydrogen) atoms. The van der Waals surface area contributed by atoms with E-state index in [4.69, 9.17) is 0 Å². The maximum absolute atomic E-state index is 13.1. The fourth-order valence-electron chi connectivity index (χ4n) is 2.20. The molecule has 2 heteroatoms. The molecule has 1 heterocycles. The Hall–Kier alpha value is -2.35. The van der Waals surface area contributed by atoms with Crippen LogP contribution in [0.25, 0.3) is 17.0 Å². The van der Waals surface area contributed by atoms with Gasteiger partial charge in [-0.05, 0) is 29.8 Å². The Morgan fingerprint density at radius 2 is 1.84 bits per heavy atom. The second kappa shape index (κ2) is 5.11. The lowest BCUT2D eigenvalue weighted by Gasteiger charge is -2.01. The summed E-state index contributed by atoms with van der Waals surface area (Å²) in [4.78, 5) is 0. The fourth-order valence-corrected chi connectivity index (χ4v) is 2.20. The van der Waals surface area contributed by atoms with Gasteiger partial charge in [0.15, 0.2) is 0 Å². The van der Waals surface area contributed by atoms with Crippen molar-refractivity contribution in [2.45, 2.75) is 6.54 Å². The van der Waals surface area contributed by atoms with Crippen molar-refractivity contribution >= 4 is 17.0 Å². The van der Waals surface area contributed by atoms with Crippen molar-refractivity contribution in [2.75, 3.05) is 0 Å². The monoisotopic (exact) mass is 251 g/mol. The minimum atomic E-state index is -0.190. The first kappa shape index (κ1) is 11.7. The lowest BCUT2D eigenvalue weighted by molar-refractivity contribution is 0.629. The third kappa shape index (κ3) is 2.58. The predicted octanol–water partition coefficient (Wildman–Crippen LogP) is 4.49. The van der Waals surface area contributed by atoms with Crippen molar-refractivity contribution in [3.8, 4) is 0 Å². The van der Waals surface area contributed by atoms with Gasteiger partial charge in [0.1, 0.15) is 5.82 Å². The highest BCUT2D eigenvalue weighted by Crippen LogP contribution is 2.17. The summed E-state index contributed by atoms with van der Waals surface area (Å²) in [6.07, 6.45) is 6.19. The molecule has 1 aromatic heterocycles. The third-order valence-corrected chi connectivity index (χ3v) is 3.15. The largest absolute Gasteiger partial charge is 0.344 e. The zero-order chi connectivity index (χ0) is 13.1. The van der Waals surface area contributed by atoms with E-state index >= 15 is 0 Å². The molecule has 0 aliphatic heterocycles. The van der Waals surface area contributed by atoms with Gasteiger partial charge >= 0.3 is 0 Å². The lowest BCUT2D eigenvalue weighted by Crippen LogP contribution is -1.92. The molecule has 0 radical (unpaired) electrons. The normalized spacial score (nSPS) is 11.4. The quantitative estimate of drug-likeness (QED) is 0.646. The standard InChI is InChI=1S/C17H14FN/c18-16-8-9-17-15(13-16)10-12-19(17)11-4-7-14-5-2-1-3-6-14/h1-10,12-13H,11H2. The maximum Gasteiger partial charge on any atom is 0.123 e. The summed E-state index contributed by atoms with van der Waals surface area (Å²) in [5.41, 5.74) is 2.24. The van der Waals surface area contributed by atoms with E-state index in [9.17, 15) is 4.39 Å². The van der Waals surface area contributed by atoms with Crippen molar-refractivity contribution in [1.29, 1.82) is 0 Å². The Morgan fingerprint density at radius 3 is 2.68 bits per heavy atom. The molecule has 0 saturated heterocycles. The summed E-state index contributed by atoms with van der Waals surface area (Å²) in [6.45, 7) is 0.782. The topological polar surface area (TPSA) is 4.93 Å². The van der Waals surface area contributed by atoms with Gasteiger partial charge in [-0.15, -0.1) is 0 Å². The van der Waals surface area contributed by atoms with Gasteiger partial charge in [0, 0.05) is 23.6 Å². The number of benzene rings is 2. The first-order valence-corrected chi connectivity index (χ1v) is 6.29. The Kier molecular flexibility index (Phi) is 3.15. The van der Waals surface area contributed by atoms with Crippen LogP contribution in [0.5, 0.6) is 0 Å². The number of hydrogen-bond donors (Lipinski definition) is 0. The van der Waals surface area contributed by atoms with E-state index in [2.05, 4.69) is 28.9 Å². The molecule has 0 aliphatic rings. The Labute approximate surface area is 111 Å². The van der Waals surface area contributed by atoms with E-state index in [1.807, 2.05) is 36.5 Å². The summed E-state index contributed by atoms with van der Waals surface area (Å²) >= 11 is 0. The molecule has 0 atom stereocenters. The van der Waals surface area contributed by atoms with Gasteiger partial charge in [-0.25, -0.2) is 4.39 Å². The number of aromatic nitrogens is 1. The van der Waals surface area contributed by atoms with Crippen LogP contribution in [-0.4, -0.2) is 4.57 Å². The van der Waals surface area contributed by atoms with E-state index in [0.29, 0.717) is 0 Å². The van der Waals surface area contributed by atoms with E-state index in [1.165, 1.54) is 11.6 Å². The summed E-state index contributed by atoms with van der Waals surface area (Å²) in [7, 11) is 0. The van der Waals surface area contributed by atoms with Gasteiger partial charge in [0.25, 0.3) is 0 Å². The molecule has 94 valence electrons. The summed E-state index contributed by atoms with van der Waals surface area (Å²) in [5, 5.41) is 0.938. The number of halogens is 1. The van der Waals surface area contributed by atoms with Crippen molar-refractivity contribution in [1.82, 2.24) is 4.57 Å². The van der Waals surface area contributed by atoms with Crippen LogP contribution in [0.4, 0.5) is 4.39 Å². The van der Waals surface area contributed by atoms with Crippen LogP contribution in [-0.2, 0) is 6.54 Å². The summed E-state index contributed by atoms with van der Waals surface area (Å²) in [5.74, 6) is -0.190. The molecule has 0 N–H and O–H groups in total. The molecule has 0 unspecified atom stereocenters. The first-order chi connectivity index (χ1) is 9.33. The number of allylic oxidation sites excluding steroid dienone is 1. The molecule has 0 fully saturated rings. The van der Waals surface area contributed by atoms with Crippen LogP contribution in [0.3, 0.4) is 0 Å². The van der Waals surface area contributed by atoms with Gasteiger partial charge in [-0.1, -0.05) is 42.5 Å². The van der Waals surface area contributed by atoms with Crippen LogP contribution in [0.1, 0.15) is 5.56 Å². The van der Waals surface area contributed by atoms with Crippen LogP contribution < -0.4 is 0 Å². The third-order valence-electron chi connectivity index (χ3n) is 3.15. The van der Waals surface area contributed by atoms with Gasteiger partial charge in [0.2, 0.25) is 0 Å². The highest BCUT2D eigenvalue weighted by atomic mass is 19.1. The van der Waals surface area contributed by atoms with Crippen LogP contribution in [0.2, 0.25) is 0 Å². The van der Waals surface area contributed by atoms with Gasteiger partial charge in [-0.2, -0.15) is 0 Å². The summed E-state index contributed by atoms with van der Waals surface area (Å²) < 4.78 is 15.2. The maximum atomic E-state index is 13.1. The van der Waals surface area contributed by atoms with Crippen LogP contribution >= 0.6 is 0 Å². The van der Waals surface area contributed by atoms with E-state index < -0.39 is 0 Å². The predicted molar refractivity (Wildman–Crippen MR) is 77.4 cm³/mol. The zero-order valence-corrected chi connectivity index (χ0v) is 10.5. The Morgan fingerprint density at radius 1 is 1.00 bits per heavy atom. The molecule has 0 bridgehead atoms. The zero-order valence-electron chi connectivity index (χ0n) is 10.5. The van der Waals surface area contributed by atoms with E-state index in [-0.39, 0.29) is 5.82 Å². The smallest absolute Gasteiger partial charge is 0.123 e. The van der Waals surface area contributed by atoms with E-state index in [0.717, 1.165) is 17.4 Å². The van der Waals surface area contributed by atoms with Crippen molar-refractivity contribution in [3.05, 3.63) is 78.3 Å². The molecule has 3 rings (SSSR count). The Bertz CT molecular complexity index is 710. The number of nitrogens with zero attached hydrogens (tertiary/aromatic N) is 1. The molecule has 2 aromatic carbocycles. The molecular weight excluding hydrogens is 237 g/mol. The first-order valence-electron chi connectivity index (χ1n) is 6.29. The average molecular weight is 251 g/mol. The van der Waals surface area contributed by atoms with Gasteiger partial charge in [-0.3, -0.25) is 0 Å². The molecule has 0 amide bonds. The fraction of sp³-hybridized carbons (Fsp3) is 0.0588. The minimum Gasteiger partial charge on any atom is -0.344 e. The Balaban J connectivity index is 1.81. The second-order valence-corrected chi connectivity index (χ2v) is 4.48. The number of hydrogen-bond acceptors (Lipinski definition) is 0. The minimum absolute atomic E-state index is 0.190. The number of rotatable bonds is 3. The molecule has 0 saturated carbocycles. The van der Waals surface area contributed by atoms with Crippen molar-refractivity contribution < 1.29 is 4.39 Å². The van der Waals surface area contributed by atoms with Gasteiger partial charge in [0.05, 0.1) is 0 Å². The SMILES string of the molecule is Fc1ccc2c(ccn2CC=Cc2ccccc2)c1. The van der Waals surface area contributed by atoms with Crippen LogP contribution in [0, 0.1) is 5.82 Å². The van der Waals surface area contributed by atoms with E-state index in [1.54, 1.807) is 6.07 Å². The molecular formula is C17H14FN. The molecule has 0 aliphatic carbocycles. The lowest BCUT2D eigenvalue weighted by atomic mass is 10.2. The molecule has 3 aromatic rings. The summed E-state index contributed by atoms with van der Waals surface area (Å²) in [6, 6.07) is 17.0. The highest BCUT2D eigenvalue weighted by Gasteiger charge is 2.00.